The van der Waals surface area contributed by atoms with E-state index in [4.69, 9.17) is 9.47 Å². The minimum absolute atomic E-state index is 0.00812. The number of esters is 1. The molecule has 0 atom stereocenters. The van der Waals surface area contributed by atoms with E-state index in [-0.39, 0.29) is 35.4 Å². The van der Waals surface area contributed by atoms with Gasteiger partial charge in [-0.05, 0) is 37.3 Å². The normalized spacial score (nSPS) is 15.4. The number of carbonyl (C=O) groups is 2. The Morgan fingerprint density at radius 1 is 1.00 bits per heavy atom. The van der Waals surface area contributed by atoms with Gasteiger partial charge in [0.25, 0.3) is 5.91 Å². The number of nitrogens with zero attached hydrogens (tertiary/aromatic N) is 1. The molecule has 0 radical (unpaired) electrons. The molecule has 8 heteroatoms. The average Bonchev–Trinajstić information content (AvgIpc) is 3.19. The molecule has 3 aromatic carbocycles. The van der Waals surface area contributed by atoms with Crippen molar-refractivity contribution >= 4 is 34.8 Å². The molecule has 1 amide bonds. The number of halogens is 1. The summed E-state index contributed by atoms with van der Waals surface area (Å²) >= 11 is 0.974. The highest BCUT2D eigenvalue weighted by atomic mass is 32.2. The Hall–Kier alpha value is -4.17. The highest BCUT2D eigenvalue weighted by Crippen LogP contribution is 2.40. The lowest BCUT2D eigenvalue weighted by atomic mass is 10.1. The van der Waals surface area contributed by atoms with Crippen LogP contribution in [0.25, 0.3) is 6.08 Å². The molecular formula is C28H22FNO5S. The highest BCUT2D eigenvalue weighted by Gasteiger charge is 2.34. The molecule has 0 bridgehead atoms. The first-order valence-electron chi connectivity index (χ1n) is 11.1. The Morgan fingerprint density at radius 2 is 1.69 bits per heavy atom. The molecule has 1 aliphatic heterocycles. The molecule has 0 unspecified atom stereocenters. The summed E-state index contributed by atoms with van der Waals surface area (Å²) in [5, 5.41) is 10.9. The molecule has 6 nitrogen and oxygen atoms in total. The van der Waals surface area contributed by atoms with Gasteiger partial charge in [0.1, 0.15) is 34.5 Å². The maximum Gasteiger partial charge on any atom is 0.344 e. The Labute approximate surface area is 211 Å². The van der Waals surface area contributed by atoms with Crippen molar-refractivity contribution in [3.63, 3.8) is 0 Å². The number of rotatable bonds is 7. The molecule has 0 aromatic heterocycles. The van der Waals surface area contributed by atoms with E-state index in [1.165, 1.54) is 6.07 Å². The van der Waals surface area contributed by atoms with E-state index in [1.54, 1.807) is 85.8 Å². The summed E-state index contributed by atoms with van der Waals surface area (Å²) in [6.45, 7) is 1.74. The summed E-state index contributed by atoms with van der Waals surface area (Å²) < 4.78 is 24.9. The second kappa shape index (κ2) is 11.5. The number of ether oxygens (including phenoxy) is 2. The van der Waals surface area contributed by atoms with Crippen LogP contribution in [0.4, 0.5) is 4.39 Å². The van der Waals surface area contributed by atoms with Crippen molar-refractivity contribution < 1.29 is 28.6 Å². The first kappa shape index (κ1) is 24.9. The zero-order chi connectivity index (χ0) is 25.5. The van der Waals surface area contributed by atoms with Crippen LogP contribution in [-0.2, 0) is 16.1 Å². The Kier molecular flexibility index (Phi) is 7.97. The molecule has 3 aromatic rings. The van der Waals surface area contributed by atoms with Gasteiger partial charge in [0.2, 0.25) is 0 Å². The molecule has 0 aliphatic carbocycles. The van der Waals surface area contributed by atoms with E-state index in [2.05, 4.69) is 4.99 Å². The molecule has 182 valence electrons. The van der Waals surface area contributed by atoms with Crippen LogP contribution in [0.3, 0.4) is 0 Å². The lowest BCUT2D eigenvalue weighted by Crippen LogP contribution is -2.14. The van der Waals surface area contributed by atoms with Crippen molar-refractivity contribution in [2.45, 2.75) is 13.5 Å². The van der Waals surface area contributed by atoms with Crippen molar-refractivity contribution in [1.82, 2.24) is 0 Å². The average molecular weight is 504 g/mol. The number of amides is 1. The monoisotopic (exact) mass is 503 g/mol. The van der Waals surface area contributed by atoms with Crippen LogP contribution in [0.15, 0.2) is 100 Å². The van der Waals surface area contributed by atoms with Crippen LogP contribution in [0.1, 0.15) is 28.4 Å². The molecule has 0 saturated carbocycles. The number of carbonyl (C=O) groups excluding carboxylic acids is 2. The van der Waals surface area contributed by atoms with E-state index >= 15 is 0 Å². The smallest absolute Gasteiger partial charge is 0.344 e. The van der Waals surface area contributed by atoms with Gasteiger partial charge >= 0.3 is 5.97 Å². The zero-order valence-electron chi connectivity index (χ0n) is 19.3. The summed E-state index contributed by atoms with van der Waals surface area (Å²) in [4.78, 5) is 29.7. The topological polar surface area (TPSA) is 85.2 Å². The molecule has 1 heterocycles. The molecule has 1 N–H and O–H groups in total. The second-order valence-corrected chi connectivity index (χ2v) is 8.59. The Morgan fingerprint density at radius 3 is 2.44 bits per heavy atom. The van der Waals surface area contributed by atoms with Crippen molar-refractivity contribution in [2.75, 3.05) is 6.61 Å². The maximum absolute atomic E-state index is 14.0. The number of aliphatic imine (C=N–C) groups is 1. The molecule has 1 aliphatic rings. The summed E-state index contributed by atoms with van der Waals surface area (Å²) in [6, 6.07) is 21.8. The van der Waals surface area contributed by atoms with Gasteiger partial charge in [-0.1, -0.05) is 66.4 Å². The van der Waals surface area contributed by atoms with Gasteiger partial charge < -0.3 is 14.6 Å². The highest BCUT2D eigenvalue weighted by molar-refractivity contribution is 8.18. The standard InChI is InChI=1S/C28H22FNO5S/c1-2-34-28(33)24-25(31)23(36-27(24)30-26(32)18-10-4-3-5-11-18)16-19-12-7-9-15-22(19)35-17-20-13-6-8-14-21(20)29/h3-16,31H,2,17H2,1H3/b23-16-,30-27?. The lowest BCUT2D eigenvalue weighted by Gasteiger charge is -2.10. The third kappa shape index (κ3) is 5.72. The number of aliphatic hydroxyl groups is 1. The van der Waals surface area contributed by atoms with E-state index in [0.717, 1.165) is 11.8 Å². The molecule has 0 spiro atoms. The largest absolute Gasteiger partial charge is 0.506 e. The minimum Gasteiger partial charge on any atom is -0.506 e. The van der Waals surface area contributed by atoms with Gasteiger partial charge in [-0.2, -0.15) is 0 Å². The van der Waals surface area contributed by atoms with E-state index in [1.807, 2.05) is 0 Å². The Balaban J connectivity index is 1.66. The van der Waals surface area contributed by atoms with Crippen LogP contribution in [0, 0.1) is 5.82 Å². The quantitative estimate of drug-likeness (QED) is 0.392. The number of thioether (sulfide) groups is 1. The third-order valence-corrected chi connectivity index (χ3v) is 6.16. The van der Waals surface area contributed by atoms with Crippen LogP contribution in [0.2, 0.25) is 0 Å². The van der Waals surface area contributed by atoms with Crippen molar-refractivity contribution in [3.05, 3.63) is 118 Å². The van der Waals surface area contributed by atoms with Gasteiger partial charge in [-0.25, -0.2) is 14.2 Å². The summed E-state index contributed by atoms with van der Waals surface area (Å²) in [7, 11) is 0. The molecule has 0 saturated heterocycles. The van der Waals surface area contributed by atoms with Crippen molar-refractivity contribution in [2.24, 2.45) is 4.99 Å². The molecule has 36 heavy (non-hydrogen) atoms. The lowest BCUT2D eigenvalue weighted by molar-refractivity contribution is -0.138. The minimum atomic E-state index is -0.783. The fourth-order valence-corrected chi connectivity index (χ4v) is 4.38. The van der Waals surface area contributed by atoms with Crippen molar-refractivity contribution in [3.8, 4) is 5.75 Å². The van der Waals surface area contributed by atoms with Gasteiger partial charge in [-0.3, -0.25) is 4.79 Å². The second-order valence-electron chi connectivity index (χ2n) is 7.56. The maximum atomic E-state index is 14.0. The third-order valence-electron chi connectivity index (χ3n) is 5.14. The predicted molar refractivity (Wildman–Crippen MR) is 137 cm³/mol. The van der Waals surface area contributed by atoms with E-state index in [0.29, 0.717) is 27.3 Å². The summed E-state index contributed by atoms with van der Waals surface area (Å²) in [5.74, 6) is -1.60. The van der Waals surface area contributed by atoms with Crippen LogP contribution in [0.5, 0.6) is 5.75 Å². The van der Waals surface area contributed by atoms with Crippen molar-refractivity contribution in [1.29, 1.82) is 0 Å². The van der Waals surface area contributed by atoms with E-state index in [9.17, 15) is 19.1 Å². The van der Waals surface area contributed by atoms with E-state index < -0.39 is 11.9 Å². The SMILES string of the molecule is CCOC(=O)C1=C(O)/C(=C/c2ccccc2OCc2ccccc2F)SC1=NC(=O)c1ccccc1. The summed E-state index contributed by atoms with van der Waals surface area (Å²) in [6.07, 6.45) is 1.62. The number of aliphatic hydroxyl groups excluding tert-OH is 1. The fraction of sp³-hybridized carbons (Fsp3) is 0.107. The predicted octanol–water partition coefficient (Wildman–Crippen LogP) is 6.11. The number of hydrogen-bond donors (Lipinski definition) is 1. The van der Waals surface area contributed by atoms with Crippen LogP contribution < -0.4 is 4.74 Å². The van der Waals surface area contributed by atoms with Gasteiger partial charge in [0, 0.05) is 16.7 Å². The molecular weight excluding hydrogens is 481 g/mol. The summed E-state index contributed by atoms with van der Waals surface area (Å²) in [5.41, 5.74) is 1.15. The number of para-hydroxylation sites is 1. The van der Waals surface area contributed by atoms with Gasteiger partial charge in [-0.15, -0.1) is 0 Å². The Bertz CT molecular complexity index is 1380. The first-order chi connectivity index (χ1) is 17.5. The van der Waals surface area contributed by atoms with Gasteiger partial charge in [0.05, 0.1) is 11.5 Å². The zero-order valence-corrected chi connectivity index (χ0v) is 20.1. The fourth-order valence-electron chi connectivity index (χ4n) is 3.37. The van der Waals surface area contributed by atoms with Gasteiger partial charge in [0.15, 0.2) is 0 Å². The molecule has 4 rings (SSSR count). The number of hydrogen-bond acceptors (Lipinski definition) is 6. The number of benzene rings is 3. The molecule has 0 fully saturated rings. The first-order valence-corrected chi connectivity index (χ1v) is 11.9. The van der Waals surface area contributed by atoms with Crippen LogP contribution in [-0.4, -0.2) is 28.6 Å². The van der Waals surface area contributed by atoms with Crippen LogP contribution >= 0.6 is 11.8 Å².